The Balaban J connectivity index is 2.14. The summed E-state index contributed by atoms with van der Waals surface area (Å²) in [5.41, 5.74) is 7.13. The van der Waals surface area contributed by atoms with Crippen LogP contribution in [0.5, 0.6) is 0 Å². The molecule has 0 atom stereocenters. The van der Waals surface area contributed by atoms with Gasteiger partial charge in [-0.05, 0) is 30.7 Å². The maximum Gasteiger partial charge on any atom is 0.146 e. The maximum absolute atomic E-state index is 13.9. The van der Waals surface area contributed by atoms with Gasteiger partial charge in [-0.25, -0.2) is 4.39 Å². The summed E-state index contributed by atoms with van der Waals surface area (Å²) in [5, 5.41) is 3.25. The number of halogens is 1. The van der Waals surface area contributed by atoms with E-state index in [0.717, 1.165) is 38.2 Å². The average Bonchev–Trinajstić information content (AvgIpc) is 2.31. The zero-order valence-electron chi connectivity index (χ0n) is 9.38. The van der Waals surface area contributed by atoms with E-state index in [0.29, 0.717) is 12.2 Å². The number of rotatable bonds is 3. The van der Waals surface area contributed by atoms with Crippen LogP contribution in [0.4, 0.5) is 10.1 Å². The van der Waals surface area contributed by atoms with Crippen molar-refractivity contribution >= 4 is 5.69 Å². The van der Waals surface area contributed by atoms with E-state index in [-0.39, 0.29) is 5.82 Å². The number of nitrogens with zero attached hydrogens (tertiary/aromatic N) is 1. The van der Waals surface area contributed by atoms with Crippen LogP contribution in [0.2, 0.25) is 0 Å². The van der Waals surface area contributed by atoms with Crippen LogP contribution in [0.15, 0.2) is 18.2 Å². The monoisotopic (exact) mass is 223 g/mol. The van der Waals surface area contributed by atoms with Crippen LogP contribution in [0, 0.1) is 5.82 Å². The quantitative estimate of drug-likeness (QED) is 0.794. The van der Waals surface area contributed by atoms with E-state index in [1.54, 1.807) is 6.07 Å². The number of nitrogens with one attached hydrogen (secondary N) is 1. The molecule has 1 heterocycles. The van der Waals surface area contributed by atoms with Crippen molar-refractivity contribution in [2.45, 2.75) is 6.42 Å². The molecule has 0 amide bonds. The molecule has 16 heavy (non-hydrogen) atoms. The smallest absolute Gasteiger partial charge is 0.146 e. The predicted octanol–water partition coefficient (Wildman–Crippen LogP) is 0.736. The molecular formula is C12H18FN3. The molecule has 0 bridgehead atoms. The molecule has 88 valence electrons. The van der Waals surface area contributed by atoms with Gasteiger partial charge in [0, 0.05) is 26.2 Å². The van der Waals surface area contributed by atoms with Gasteiger partial charge in [-0.15, -0.1) is 0 Å². The van der Waals surface area contributed by atoms with Crippen LogP contribution in [-0.4, -0.2) is 32.7 Å². The fraction of sp³-hybridized carbons (Fsp3) is 0.500. The van der Waals surface area contributed by atoms with E-state index < -0.39 is 0 Å². The average molecular weight is 223 g/mol. The summed E-state index contributed by atoms with van der Waals surface area (Å²) >= 11 is 0. The molecule has 3 N–H and O–H groups in total. The second kappa shape index (κ2) is 5.27. The lowest BCUT2D eigenvalue weighted by molar-refractivity contribution is 0.565. The fourth-order valence-electron chi connectivity index (χ4n) is 2.03. The molecule has 0 spiro atoms. The van der Waals surface area contributed by atoms with Gasteiger partial charge in [-0.3, -0.25) is 0 Å². The SMILES string of the molecule is NCCc1ccc(N2CCNCC2)c(F)c1. The van der Waals surface area contributed by atoms with Gasteiger partial charge in [0.15, 0.2) is 0 Å². The first-order valence-electron chi connectivity index (χ1n) is 5.75. The minimum absolute atomic E-state index is 0.132. The Kier molecular flexibility index (Phi) is 3.74. The van der Waals surface area contributed by atoms with Crippen LogP contribution in [0.3, 0.4) is 0 Å². The molecule has 1 aromatic rings. The third kappa shape index (κ3) is 2.51. The Morgan fingerprint density at radius 1 is 1.31 bits per heavy atom. The molecule has 1 aliphatic rings. The van der Waals surface area contributed by atoms with Crippen molar-refractivity contribution in [3.8, 4) is 0 Å². The van der Waals surface area contributed by atoms with E-state index in [2.05, 4.69) is 10.2 Å². The second-order valence-corrected chi connectivity index (χ2v) is 4.06. The summed E-state index contributed by atoms with van der Waals surface area (Å²) in [5.74, 6) is -0.132. The Labute approximate surface area is 95.4 Å². The van der Waals surface area contributed by atoms with Crippen LogP contribution in [0.25, 0.3) is 0 Å². The molecule has 1 aliphatic heterocycles. The summed E-state index contributed by atoms with van der Waals surface area (Å²) in [6, 6.07) is 5.43. The summed E-state index contributed by atoms with van der Waals surface area (Å²) in [6.45, 7) is 4.14. The molecule has 1 fully saturated rings. The Morgan fingerprint density at radius 3 is 2.69 bits per heavy atom. The van der Waals surface area contributed by atoms with E-state index in [1.165, 1.54) is 0 Å². The fourth-order valence-corrected chi connectivity index (χ4v) is 2.03. The summed E-state index contributed by atoms with van der Waals surface area (Å²) < 4.78 is 13.9. The summed E-state index contributed by atoms with van der Waals surface area (Å²) in [7, 11) is 0. The lowest BCUT2D eigenvalue weighted by atomic mass is 10.1. The highest BCUT2D eigenvalue weighted by Crippen LogP contribution is 2.21. The van der Waals surface area contributed by atoms with Gasteiger partial charge < -0.3 is 16.0 Å². The van der Waals surface area contributed by atoms with Crippen molar-refractivity contribution in [3.05, 3.63) is 29.6 Å². The van der Waals surface area contributed by atoms with Crippen molar-refractivity contribution in [2.24, 2.45) is 5.73 Å². The lowest BCUT2D eigenvalue weighted by Gasteiger charge is -2.29. The van der Waals surface area contributed by atoms with E-state index in [1.807, 2.05) is 12.1 Å². The zero-order chi connectivity index (χ0) is 11.4. The summed E-state index contributed by atoms with van der Waals surface area (Å²) in [4.78, 5) is 2.08. The first-order valence-corrected chi connectivity index (χ1v) is 5.75. The molecule has 0 unspecified atom stereocenters. The standard InChI is InChI=1S/C12H18FN3/c13-11-9-10(3-4-14)1-2-12(11)16-7-5-15-6-8-16/h1-2,9,15H,3-8,14H2. The number of piperazine rings is 1. The predicted molar refractivity (Wildman–Crippen MR) is 64.2 cm³/mol. The van der Waals surface area contributed by atoms with Gasteiger partial charge in [0.2, 0.25) is 0 Å². The minimum Gasteiger partial charge on any atom is -0.367 e. The van der Waals surface area contributed by atoms with Crippen molar-refractivity contribution in [2.75, 3.05) is 37.6 Å². The van der Waals surface area contributed by atoms with Gasteiger partial charge in [0.1, 0.15) is 5.82 Å². The van der Waals surface area contributed by atoms with Gasteiger partial charge >= 0.3 is 0 Å². The topological polar surface area (TPSA) is 41.3 Å². The molecule has 4 heteroatoms. The minimum atomic E-state index is -0.132. The lowest BCUT2D eigenvalue weighted by Crippen LogP contribution is -2.43. The Hall–Kier alpha value is -1.13. The Bertz CT molecular complexity index is 348. The van der Waals surface area contributed by atoms with Crippen LogP contribution >= 0.6 is 0 Å². The van der Waals surface area contributed by atoms with Crippen molar-refractivity contribution in [1.29, 1.82) is 0 Å². The maximum atomic E-state index is 13.9. The van der Waals surface area contributed by atoms with Crippen molar-refractivity contribution in [3.63, 3.8) is 0 Å². The van der Waals surface area contributed by atoms with E-state index in [4.69, 9.17) is 5.73 Å². The van der Waals surface area contributed by atoms with Gasteiger partial charge in [-0.2, -0.15) is 0 Å². The van der Waals surface area contributed by atoms with Gasteiger partial charge in [0.25, 0.3) is 0 Å². The first kappa shape index (κ1) is 11.4. The number of hydrogen-bond donors (Lipinski definition) is 2. The van der Waals surface area contributed by atoms with Gasteiger partial charge in [-0.1, -0.05) is 6.07 Å². The van der Waals surface area contributed by atoms with Crippen molar-refractivity contribution < 1.29 is 4.39 Å². The molecule has 1 aromatic carbocycles. The molecule has 2 rings (SSSR count). The van der Waals surface area contributed by atoms with Gasteiger partial charge in [0.05, 0.1) is 5.69 Å². The number of hydrogen-bond acceptors (Lipinski definition) is 3. The number of nitrogens with two attached hydrogens (primary N) is 1. The molecule has 0 radical (unpaired) electrons. The van der Waals surface area contributed by atoms with Crippen LogP contribution < -0.4 is 16.0 Å². The van der Waals surface area contributed by atoms with Crippen LogP contribution in [-0.2, 0) is 6.42 Å². The highest BCUT2D eigenvalue weighted by Gasteiger charge is 2.14. The largest absolute Gasteiger partial charge is 0.367 e. The summed E-state index contributed by atoms with van der Waals surface area (Å²) in [6.07, 6.45) is 0.735. The van der Waals surface area contributed by atoms with Crippen molar-refractivity contribution in [1.82, 2.24) is 5.32 Å². The molecule has 0 saturated carbocycles. The molecule has 1 saturated heterocycles. The van der Waals surface area contributed by atoms with E-state index >= 15 is 0 Å². The Morgan fingerprint density at radius 2 is 2.06 bits per heavy atom. The highest BCUT2D eigenvalue weighted by atomic mass is 19.1. The number of benzene rings is 1. The molecule has 3 nitrogen and oxygen atoms in total. The normalized spacial score (nSPS) is 16.5. The second-order valence-electron chi connectivity index (χ2n) is 4.06. The highest BCUT2D eigenvalue weighted by molar-refractivity contribution is 5.49. The number of anilines is 1. The van der Waals surface area contributed by atoms with E-state index in [9.17, 15) is 4.39 Å². The molecular weight excluding hydrogens is 205 g/mol. The van der Waals surface area contributed by atoms with Crippen LogP contribution in [0.1, 0.15) is 5.56 Å². The molecule has 0 aromatic heterocycles. The zero-order valence-corrected chi connectivity index (χ0v) is 9.38. The third-order valence-electron chi connectivity index (χ3n) is 2.90. The first-order chi connectivity index (χ1) is 7.81. The molecule has 0 aliphatic carbocycles. The third-order valence-corrected chi connectivity index (χ3v) is 2.90.